The van der Waals surface area contributed by atoms with Gasteiger partial charge >= 0.3 is 0 Å². The van der Waals surface area contributed by atoms with Crippen molar-refractivity contribution in [2.45, 2.75) is 38.8 Å². The minimum absolute atomic E-state index is 0.104. The maximum absolute atomic E-state index is 12.1. The van der Waals surface area contributed by atoms with E-state index in [1.807, 2.05) is 31.2 Å². The summed E-state index contributed by atoms with van der Waals surface area (Å²) in [7, 11) is 0. The molecule has 33 heavy (non-hydrogen) atoms. The minimum atomic E-state index is -0.104. The summed E-state index contributed by atoms with van der Waals surface area (Å²) in [5.74, 6) is 1.77. The molecule has 8 heteroatoms. The molecule has 1 aliphatic carbocycles. The molecule has 3 aromatic rings. The molecule has 4 heterocycles. The van der Waals surface area contributed by atoms with Crippen molar-refractivity contribution in [1.82, 2.24) is 15.2 Å². The molecular formula is C25H24ClN3O3S. The highest BCUT2D eigenvalue weighted by molar-refractivity contribution is 7.19. The molecule has 170 valence electrons. The molecule has 2 bridgehead atoms. The molecule has 0 unspecified atom stereocenters. The second-order valence-electron chi connectivity index (χ2n) is 9.26. The van der Waals surface area contributed by atoms with E-state index >= 15 is 0 Å². The van der Waals surface area contributed by atoms with Crippen molar-refractivity contribution in [3.63, 3.8) is 0 Å². The highest BCUT2D eigenvalue weighted by Gasteiger charge is 2.46. The van der Waals surface area contributed by atoms with E-state index in [1.54, 1.807) is 17.5 Å². The van der Waals surface area contributed by atoms with E-state index in [4.69, 9.17) is 16.3 Å². The van der Waals surface area contributed by atoms with Crippen LogP contribution in [0.3, 0.4) is 0 Å². The SMILES string of the molecule is Cc1cc(Cl)cc(-c2ccnc3cc(CN4C(=O)CCC4=O)sc23)c1O[C@H]1[C@@H]2CNC[C@H]1C2. The summed E-state index contributed by atoms with van der Waals surface area (Å²) in [5.41, 5.74) is 3.84. The van der Waals surface area contributed by atoms with Gasteiger partial charge in [0.2, 0.25) is 11.8 Å². The molecule has 1 N–H and O–H groups in total. The Morgan fingerprint density at radius 3 is 2.64 bits per heavy atom. The fourth-order valence-electron chi connectivity index (χ4n) is 5.35. The van der Waals surface area contributed by atoms with Gasteiger partial charge in [-0.25, -0.2) is 0 Å². The lowest BCUT2D eigenvalue weighted by Crippen LogP contribution is -2.59. The summed E-state index contributed by atoms with van der Waals surface area (Å²) in [6, 6.07) is 7.90. The number of fused-ring (bicyclic) bond motifs is 3. The number of amides is 2. The van der Waals surface area contributed by atoms with E-state index in [1.165, 1.54) is 11.3 Å². The number of nitrogens with zero attached hydrogens (tertiary/aromatic N) is 2. The van der Waals surface area contributed by atoms with Gasteiger partial charge in [0.25, 0.3) is 0 Å². The lowest BCUT2D eigenvalue weighted by molar-refractivity contribution is -0.138. The van der Waals surface area contributed by atoms with Gasteiger partial charge in [-0.3, -0.25) is 19.5 Å². The van der Waals surface area contributed by atoms with Gasteiger partial charge in [-0.15, -0.1) is 11.3 Å². The van der Waals surface area contributed by atoms with Crippen molar-refractivity contribution in [3.8, 4) is 16.9 Å². The summed E-state index contributed by atoms with van der Waals surface area (Å²) in [6.45, 7) is 4.35. The number of aromatic nitrogens is 1. The highest BCUT2D eigenvalue weighted by atomic mass is 35.5. The third-order valence-corrected chi connectivity index (χ3v) is 8.42. The molecule has 6 rings (SSSR count). The number of imide groups is 1. The number of carbonyl (C=O) groups excluding carboxylic acids is 2. The summed E-state index contributed by atoms with van der Waals surface area (Å²) in [5, 5.41) is 4.14. The van der Waals surface area contributed by atoms with Crippen LogP contribution in [0.2, 0.25) is 5.02 Å². The van der Waals surface area contributed by atoms with Crippen LogP contribution in [0.5, 0.6) is 5.75 Å². The number of likely N-dealkylation sites (tertiary alicyclic amines) is 1. The Morgan fingerprint density at radius 2 is 1.91 bits per heavy atom. The van der Waals surface area contributed by atoms with Gasteiger partial charge in [-0.2, -0.15) is 0 Å². The predicted molar refractivity (Wildman–Crippen MR) is 128 cm³/mol. The third kappa shape index (κ3) is 3.63. The van der Waals surface area contributed by atoms with E-state index in [-0.39, 0.29) is 17.9 Å². The third-order valence-electron chi connectivity index (χ3n) is 7.06. The van der Waals surface area contributed by atoms with Crippen LogP contribution < -0.4 is 10.1 Å². The first kappa shape index (κ1) is 21.1. The number of piperidine rings is 2. The Labute approximate surface area is 200 Å². The number of thiophene rings is 1. The maximum Gasteiger partial charge on any atom is 0.230 e. The fourth-order valence-corrected chi connectivity index (χ4v) is 6.75. The number of nitrogens with one attached hydrogen (secondary N) is 1. The molecule has 2 aromatic heterocycles. The zero-order valence-electron chi connectivity index (χ0n) is 18.3. The highest BCUT2D eigenvalue weighted by Crippen LogP contribution is 2.45. The normalized spacial score (nSPS) is 24.4. The Bertz CT molecular complexity index is 1260. The smallest absolute Gasteiger partial charge is 0.230 e. The van der Waals surface area contributed by atoms with Crippen LogP contribution >= 0.6 is 22.9 Å². The largest absolute Gasteiger partial charge is 0.489 e. The van der Waals surface area contributed by atoms with Crippen molar-refractivity contribution < 1.29 is 14.3 Å². The lowest BCUT2D eigenvalue weighted by atomic mass is 9.69. The monoisotopic (exact) mass is 481 g/mol. The van der Waals surface area contributed by atoms with Gasteiger partial charge in [-0.05, 0) is 43.2 Å². The average Bonchev–Trinajstić information content (AvgIpc) is 3.36. The van der Waals surface area contributed by atoms with Gasteiger partial charge in [0.15, 0.2) is 0 Å². The number of rotatable bonds is 5. The fraction of sp³-hybridized carbons (Fsp3) is 0.400. The molecule has 0 radical (unpaired) electrons. The second-order valence-corrected chi connectivity index (χ2v) is 10.8. The average molecular weight is 482 g/mol. The number of pyridine rings is 1. The van der Waals surface area contributed by atoms with Gasteiger partial charge in [0.1, 0.15) is 11.9 Å². The lowest BCUT2D eigenvalue weighted by Gasteiger charge is -2.49. The van der Waals surface area contributed by atoms with E-state index in [9.17, 15) is 9.59 Å². The molecule has 0 spiro atoms. The standard InChI is InChI=1S/C25H24ClN3O3S/c1-13-6-16(26)8-19(23(13)32-24-14-7-15(24)11-27-10-14)18-4-5-28-20-9-17(33-25(18)20)12-29-21(30)2-3-22(29)31/h4-6,8-9,14-15,24,27H,2-3,7,10-12H2,1H3/t14-,15+,24-. The number of hydrogen-bond acceptors (Lipinski definition) is 6. The summed E-state index contributed by atoms with van der Waals surface area (Å²) < 4.78 is 7.68. The molecular weight excluding hydrogens is 458 g/mol. The zero-order chi connectivity index (χ0) is 22.7. The number of hydrogen-bond donors (Lipinski definition) is 1. The molecule has 3 atom stereocenters. The Balaban J connectivity index is 1.39. The van der Waals surface area contributed by atoms with Crippen molar-refractivity contribution in [2.75, 3.05) is 13.1 Å². The van der Waals surface area contributed by atoms with Gasteiger partial charge in [0, 0.05) is 65.0 Å². The molecule has 2 amide bonds. The van der Waals surface area contributed by atoms with Crippen LogP contribution in [0.25, 0.3) is 21.3 Å². The van der Waals surface area contributed by atoms with Crippen LogP contribution in [0, 0.1) is 18.8 Å². The van der Waals surface area contributed by atoms with Gasteiger partial charge in [-0.1, -0.05) is 11.6 Å². The van der Waals surface area contributed by atoms with Gasteiger partial charge < -0.3 is 10.1 Å². The Hall–Kier alpha value is -2.48. The quantitative estimate of drug-likeness (QED) is 0.541. The van der Waals surface area contributed by atoms with Crippen LogP contribution in [0.1, 0.15) is 29.7 Å². The summed E-state index contributed by atoms with van der Waals surface area (Å²) in [4.78, 5) is 31.0. The van der Waals surface area contributed by atoms with Crippen LogP contribution in [-0.4, -0.2) is 40.9 Å². The minimum Gasteiger partial charge on any atom is -0.489 e. The first-order valence-electron chi connectivity index (χ1n) is 11.4. The topological polar surface area (TPSA) is 71.5 Å². The molecule has 1 saturated carbocycles. The van der Waals surface area contributed by atoms with E-state index in [2.05, 4.69) is 10.3 Å². The predicted octanol–water partition coefficient (Wildman–Crippen LogP) is 4.56. The van der Waals surface area contributed by atoms with Crippen LogP contribution in [0.15, 0.2) is 30.5 Å². The maximum atomic E-state index is 12.1. The van der Waals surface area contributed by atoms with Crippen molar-refractivity contribution in [2.24, 2.45) is 11.8 Å². The van der Waals surface area contributed by atoms with Crippen molar-refractivity contribution >= 4 is 45.0 Å². The number of aryl methyl sites for hydroxylation is 1. The first-order valence-corrected chi connectivity index (χ1v) is 12.6. The van der Waals surface area contributed by atoms with Gasteiger partial charge in [0.05, 0.1) is 16.8 Å². The van der Waals surface area contributed by atoms with E-state index < -0.39 is 0 Å². The molecule has 1 aromatic carbocycles. The second kappa shape index (κ2) is 8.08. The van der Waals surface area contributed by atoms with E-state index in [0.29, 0.717) is 36.2 Å². The molecule has 2 saturated heterocycles. The Morgan fingerprint density at radius 1 is 1.15 bits per heavy atom. The number of carbonyl (C=O) groups is 2. The van der Waals surface area contributed by atoms with E-state index in [0.717, 1.165) is 50.6 Å². The molecule has 3 fully saturated rings. The van der Waals surface area contributed by atoms with Crippen molar-refractivity contribution in [1.29, 1.82) is 0 Å². The first-order chi connectivity index (χ1) is 16.0. The summed E-state index contributed by atoms with van der Waals surface area (Å²) >= 11 is 8.06. The number of ether oxygens (including phenoxy) is 1. The Kier molecular flexibility index (Phi) is 5.16. The number of halogens is 1. The zero-order valence-corrected chi connectivity index (χ0v) is 19.8. The molecule has 3 aliphatic rings. The van der Waals surface area contributed by atoms with Crippen molar-refractivity contribution in [3.05, 3.63) is 45.9 Å². The summed E-state index contributed by atoms with van der Waals surface area (Å²) in [6.07, 6.45) is 3.85. The molecule has 2 aliphatic heterocycles. The van der Waals surface area contributed by atoms with Crippen LogP contribution in [-0.2, 0) is 16.1 Å². The molecule has 6 nitrogen and oxygen atoms in total. The van der Waals surface area contributed by atoms with Crippen LogP contribution in [0.4, 0.5) is 0 Å². The number of benzene rings is 1.